The number of carbonyl (C=O) groups excluding carboxylic acids is 3. The number of hydrogen-bond donors (Lipinski definition) is 1. The molecule has 8 nitrogen and oxygen atoms in total. The van der Waals surface area contributed by atoms with Crippen molar-refractivity contribution in [3.8, 4) is 0 Å². The molecule has 0 spiro atoms. The van der Waals surface area contributed by atoms with Crippen molar-refractivity contribution in [2.45, 2.75) is 11.7 Å². The van der Waals surface area contributed by atoms with E-state index in [1.165, 1.54) is 0 Å². The first-order valence-corrected chi connectivity index (χ1v) is 13.6. The van der Waals surface area contributed by atoms with E-state index in [4.69, 9.17) is 0 Å². The Morgan fingerprint density at radius 3 is 2.31 bits per heavy atom. The van der Waals surface area contributed by atoms with Crippen molar-refractivity contribution < 1.29 is 40.9 Å². The van der Waals surface area contributed by atoms with Crippen molar-refractivity contribution in [1.82, 2.24) is 5.32 Å². The van der Waals surface area contributed by atoms with Gasteiger partial charge in [0, 0.05) is 10.7 Å². The third-order valence-corrected chi connectivity index (χ3v) is 9.77. The van der Waals surface area contributed by atoms with Crippen LogP contribution in [0.1, 0.15) is 16.8 Å². The average Bonchev–Trinajstić information content (AvgIpc) is 3.29. The van der Waals surface area contributed by atoms with Gasteiger partial charge in [0.05, 0.1) is 17.4 Å². The van der Waals surface area contributed by atoms with Gasteiger partial charge in [-0.25, -0.2) is 8.42 Å². The van der Waals surface area contributed by atoms with Crippen LogP contribution in [0.4, 0.5) is 8.78 Å². The smallest absolute Gasteiger partial charge is 0.367 e. The molecule has 1 aromatic carbocycles. The number of hydrogen-bond acceptors (Lipinski definition) is 7. The summed E-state index contributed by atoms with van der Waals surface area (Å²) < 4.78 is 65.2. The Bertz CT molecular complexity index is 1130. The first kappa shape index (κ1) is 26.1. The molecule has 174 valence electrons. The predicted molar refractivity (Wildman–Crippen MR) is 130 cm³/mol. The lowest BCUT2D eigenvalue weighted by atomic mass is 9.82. The predicted octanol–water partition coefficient (Wildman–Crippen LogP) is 2.88. The molecular weight excluding hydrogens is 793 g/mol. The zero-order valence-corrected chi connectivity index (χ0v) is 23.0. The lowest BCUT2D eigenvalue weighted by Gasteiger charge is -2.26. The molecular formula is C18H13F2I3NO7S-. The summed E-state index contributed by atoms with van der Waals surface area (Å²) in [5.74, 6) is -5.80. The number of amides is 2. The SMILES string of the molecule is O=C(NC(=O)C1C2C=CC(C2)C1C(=O)OCC(F)(F)S(=O)(=O)[O-])c1cc(I)cc(I)c1I. The van der Waals surface area contributed by atoms with Crippen molar-refractivity contribution >= 4 is 95.7 Å². The summed E-state index contributed by atoms with van der Waals surface area (Å²) in [6.45, 7) is -1.94. The normalized spacial score (nSPS) is 24.4. The number of ether oxygens (including phenoxy) is 1. The summed E-state index contributed by atoms with van der Waals surface area (Å²) >= 11 is 6.06. The molecule has 1 aromatic rings. The quantitative estimate of drug-likeness (QED) is 0.117. The van der Waals surface area contributed by atoms with E-state index in [-0.39, 0.29) is 5.56 Å². The molecule has 1 N–H and O–H groups in total. The van der Waals surface area contributed by atoms with Gasteiger partial charge in [-0.05, 0) is 98.2 Å². The Kier molecular flexibility index (Phi) is 7.88. The van der Waals surface area contributed by atoms with Crippen LogP contribution >= 0.6 is 67.8 Å². The van der Waals surface area contributed by atoms with E-state index < -0.39 is 63.4 Å². The van der Waals surface area contributed by atoms with Crippen LogP contribution < -0.4 is 5.32 Å². The van der Waals surface area contributed by atoms with Crippen LogP contribution in [0.2, 0.25) is 0 Å². The second-order valence-electron chi connectivity index (χ2n) is 7.27. The molecule has 0 aliphatic heterocycles. The Morgan fingerprint density at radius 2 is 1.72 bits per heavy atom. The standard InChI is InChI=1S/C18H14F2I3NO7S/c19-18(20,32(28,29)30)6-31-17(27)13-8-2-1-7(3-8)12(13)16(26)24-15(25)10-4-9(21)5-11(22)14(10)23/h1-2,4-5,7-8,12-13H,3,6H2,(H,24,25,26)(H,28,29,30)/p-1. The first-order valence-electron chi connectivity index (χ1n) is 8.91. The zero-order valence-electron chi connectivity index (χ0n) is 15.7. The molecule has 2 amide bonds. The third kappa shape index (κ3) is 5.27. The molecule has 2 aliphatic rings. The molecule has 0 heterocycles. The molecule has 14 heteroatoms. The Labute approximate surface area is 222 Å². The van der Waals surface area contributed by atoms with Crippen LogP contribution in [0.3, 0.4) is 0 Å². The fraction of sp³-hybridized carbons (Fsp3) is 0.389. The number of esters is 1. The summed E-state index contributed by atoms with van der Waals surface area (Å²) in [5, 5.41) is -2.51. The molecule has 32 heavy (non-hydrogen) atoms. The number of nitrogens with one attached hydrogen (secondary N) is 1. The van der Waals surface area contributed by atoms with Gasteiger partial charge in [-0.2, -0.15) is 8.78 Å². The molecule has 4 unspecified atom stereocenters. The van der Waals surface area contributed by atoms with Crippen molar-refractivity contribution in [1.29, 1.82) is 0 Å². The summed E-state index contributed by atoms with van der Waals surface area (Å²) in [4.78, 5) is 38.1. The Hall–Kier alpha value is -0.470. The van der Waals surface area contributed by atoms with Crippen LogP contribution in [0, 0.1) is 34.4 Å². The van der Waals surface area contributed by atoms with Gasteiger partial charge in [-0.1, -0.05) is 12.2 Å². The van der Waals surface area contributed by atoms with Crippen LogP contribution in [-0.2, 0) is 24.4 Å². The van der Waals surface area contributed by atoms with Gasteiger partial charge in [0.1, 0.15) is 0 Å². The van der Waals surface area contributed by atoms with E-state index in [1.54, 1.807) is 18.2 Å². The Balaban J connectivity index is 1.76. The molecule has 4 atom stereocenters. The van der Waals surface area contributed by atoms with Gasteiger partial charge >= 0.3 is 11.2 Å². The minimum atomic E-state index is -6.02. The number of fused-ring (bicyclic) bond motifs is 2. The lowest BCUT2D eigenvalue weighted by molar-refractivity contribution is -0.159. The molecule has 0 aromatic heterocycles. The second-order valence-corrected chi connectivity index (χ2v) is 12.3. The summed E-state index contributed by atoms with van der Waals surface area (Å²) in [7, 11) is -6.02. The summed E-state index contributed by atoms with van der Waals surface area (Å²) in [6.07, 6.45) is 3.73. The maximum atomic E-state index is 13.4. The monoisotopic (exact) mass is 806 g/mol. The van der Waals surface area contributed by atoms with Crippen molar-refractivity contribution in [3.05, 3.63) is 40.6 Å². The van der Waals surface area contributed by atoms with Gasteiger partial charge in [-0.15, -0.1) is 0 Å². The van der Waals surface area contributed by atoms with Crippen LogP contribution in [0.5, 0.6) is 0 Å². The van der Waals surface area contributed by atoms with Crippen LogP contribution in [0.25, 0.3) is 0 Å². The van der Waals surface area contributed by atoms with E-state index in [1.807, 2.05) is 51.2 Å². The van der Waals surface area contributed by atoms with E-state index in [0.717, 1.165) is 7.14 Å². The highest BCUT2D eigenvalue weighted by Crippen LogP contribution is 2.48. The van der Waals surface area contributed by atoms with Crippen LogP contribution in [-0.4, -0.2) is 42.6 Å². The lowest BCUT2D eigenvalue weighted by Crippen LogP contribution is -2.44. The minimum absolute atomic E-state index is 0.272. The largest absolute Gasteiger partial charge is 0.743 e. The molecule has 1 fully saturated rings. The van der Waals surface area contributed by atoms with E-state index in [9.17, 15) is 36.1 Å². The van der Waals surface area contributed by atoms with Gasteiger partial charge in [-0.3, -0.25) is 19.7 Å². The maximum absolute atomic E-state index is 13.4. The van der Waals surface area contributed by atoms with Gasteiger partial charge in [0.15, 0.2) is 16.7 Å². The number of alkyl halides is 2. The second kappa shape index (κ2) is 9.65. The average molecular weight is 806 g/mol. The van der Waals surface area contributed by atoms with Gasteiger partial charge < -0.3 is 9.29 Å². The highest BCUT2D eigenvalue weighted by Gasteiger charge is 2.53. The summed E-state index contributed by atoms with van der Waals surface area (Å²) in [6, 6.07) is 3.46. The van der Waals surface area contributed by atoms with Crippen molar-refractivity contribution in [2.24, 2.45) is 23.7 Å². The van der Waals surface area contributed by atoms with E-state index >= 15 is 0 Å². The number of imide groups is 1. The minimum Gasteiger partial charge on any atom is -0.743 e. The number of rotatable bonds is 6. The number of halogens is 5. The first-order chi connectivity index (χ1) is 14.7. The fourth-order valence-corrected chi connectivity index (χ4v) is 6.41. The highest BCUT2D eigenvalue weighted by atomic mass is 127. The molecule has 0 saturated heterocycles. The summed E-state index contributed by atoms with van der Waals surface area (Å²) in [5.41, 5.74) is 0.272. The molecule has 3 rings (SSSR count). The van der Waals surface area contributed by atoms with Crippen molar-refractivity contribution in [3.63, 3.8) is 0 Å². The topological polar surface area (TPSA) is 130 Å². The van der Waals surface area contributed by atoms with Crippen molar-refractivity contribution in [2.75, 3.05) is 6.61 Å². The molecule has 1 saturated carbocycles. The zero-order chi connectivity index (χ0) is 24.0. The Morgan fingerprint density at radius 1 is 1.12 bits per heavy atom. The number of carbonyl (C=O) groups is 3. The van der Waals surface area contributed by atoms with E-state index in [2.05, 4.69) is 32.6 Å². The van der Waals surface area contributed by atoms with Gasteiger partial charge in [0.2, 0.25) is 5.91 Å². The molecule has 0 radical (unpaired) electrons. The highest BCUT2D eigenvalue weighted by molar-refractivity contribution is 14.1. The number of allylic oxidation sites excluding steroid dienone is 2. The van der Waals surface area contributed by atoms with Crippen LogP contribution in [0.15, 0.2) is 24.3 Å². The molecule has 2 bridgehead atoms. The third-order valence-electron chi connectivity index (χ3n) is 5.26. The van der Waals surface area contributed by atoms with Gasteiger partial charge in [0.25, 0.3) is 5.91 Å². The molecule has 2 aliphatic carbocycles. The van der Waals surface area contributed by atoms with E-state index in [0.29, 0.717) is 9.99 Å². The fourth-order valence-electron chi connectivity index (χ4n) is 3.81. The maximum Gasteiger partial charge on any atom is 0.367 e. The number of benzene rings is 1.